The lowest BCUT2D eigenvalue weighted by Gasteiger charge is -2.26. The van der Waals surface area contributed by atoms with Crippen LogP contribution in [0.2, 0.25) is 0 Å². The maximum atomic E-state index is 8.80. The summed E-state index contributed by atoms with van der Waals surface area (Å²) in [5.41, 5.74) is 1.69. The lowest BCUT2D eigenvalue weighted by atomic mass is 9.82. The first-order chi connectivity index (χ1) is 9.73. The van der Waals surface area contributed by atoms with Gasteiger partial charge in [-0.2, -0.15) is 0 Å². The fourth-order valence-electron chi connectivity index (χ4n) is 2.98. The van der Waals surface area contributed by atoms with Gasteiger partial charge in [0.2, 0.25) is 0 Å². The van der Waals surface area contributed by atoms with Crippen LogP contribution < -0.4 is 0 Å². The predicted octanol–water partition coefficient (Wildman–Crippen LogP) is 3.49. The van der Waals surface area contributed by atoms with Gasteiger partial charge in [-0.15, -0.1) is 11.3 Å². The standard InChI is InChI=1S/C17H25NOS/c1-3-17(4-2)9-10-18(14-17)13-16-15(8-12-20-16)7-5-6-11-19/h8,12,19H,3-4,6,9-11,13-14H2,1-2H3. The molecule has 0 aliphatic carbocycles. The van der Waals surface area contributed by atoms with Crippen LogP contribution in [0.1, 0.15) is 50.0 Å². The fraction of sp³-hybridized carbons (Fsp3) is 0.647. The van der Waals surface area contributed by atoms with E-state index < -0.39 is 0 Å². The number of hydrogen-bond acceptors (Lipinski definition) is 3. The van der Waals surface area contributed by atoms with Crippen molar-refractivity contribution in [3.05, 3.63) is 21.9 Å². The Labute approximate surface area is 126 Å². The minimum Gasteiger partial charge on any atom is -0.395 e. The molecule has 20 heavy (non-hydrogen) atoms. The molecule has 0 spiro atoms. The summed E-state index contributed by atoms with van der Waals surface area (Å²) in [6, 6.07) is 2.10. The number of likely N-dealkylation sites (tertiary alicyclic amines) is 1. The maximum absolute atomic E-state index is 8.80. The molecule has 1 aromatic heterocycles. The van der Waals surface area contributed by atoms with Gasteiger partial charge in [-0.3, -0.25) is 4.90 Å². The van der Waals surface area contributed by atoms with Gasteiger partial charge in [0.1, 0.15) is 0 Å². The summed E-state index contributed by atoms with van der Waals surface area (Å²) in [4.78, 5) is 3.95. The van der Waals surface area contributed by atoms with Crippen molar-refractivity contribution in [3.8, 4) is 11.8 Å². The first-order valence-corrected chi connectivity index (χ1v) is 8.49. The fourth-order valence-corrected chi connectivity index (χ4v) is 3.85. The van der Waals surface area contributed by atoms with Crippen LogP contribution >= 0.6 is 11.3 Å². The zero-order chi connectivity index (χ0) is 14.4. The van der Waals surface area contributed by atoms with Gasteiger partial charge >= 0.3 is 0 Å². The van der Waals surface area contributed by atoms with Gasteiger partial charge in [-0.1, -0.05) is 25.7 Å². The molecule has 1 fully saturated rings. The van der Waals surface area contributed by atoms with Gasteiger partial charge in [0.25, 0.3) is 0 Å². The molecular weight excluding hydrogens is 266 g/mol. The molecule has 1 aliphatic heterocycles. The smallest absolute Gasteiger partial charge is 0.0540 e. The quantitative estimate of drug-likeness (QED) is 0.839. The summed E-state index contributed by atoms with van der Waals surface area (Å²) < 4.78 is 0. The highest BCUT2D eigenvalue weighted by Crippen LogP contribution is 2.37. The Morgan fingerprint density at radius 1 is 1.40 bits per heavy atom. The van der Waals surface area contributed by atoms with Gasteiger partial charge in [-0.25, -0.2) is 0 Å². The first kappa shape index (κ1) is 15.6. The normalized spacial score (nSPS) is 17.9. The minimum atomic E-state index is 0.147. The van der Waals surface area contributed by atoms with Crippen LogP contribution in [0.15, 0.2) is 11.4 Å². The third-order valence-corrected chi connectivity index (χ3v) is 5.50. The third-order valence-electron chi connectivity index (χ3n) is 4.59. The second-order valence-corrected chi connectivity index (χ2v) is 6.70. The number of hydrogen-bond donors (Lipinski definition) is 1. The summed E-state index contributed by atoms with van der Waals surface area (Å²) in [5.74, 6) is 6.22. The Balaban J connectivity index is 1.99. The van der Waals surface area contributed by atoms with E-state index in [2.05, 4.69) is 42.0 Å². The average Bonchev–Trinajstić information content (AvgIpc) is 3.08. The van der Waals surface area contributed by atoms with E-state index in [1.165, 1.54) is 37.2 Å². The number of nitrogens with zero attached hydrogens (tertiary/aromatic N) is 1. The van der Waals surface area contributed by atoms with Crippen molar-refractivity contribution >= 4 is 11.3 Å². The van der Waals surface area contributed by atoms with E-state index in [9.17, 15) is 0 Å². The number of aliphatic hydroxyl groups is 1. The minimum absolute atomic E-state index is 0.147. The SMILES string of the molecule is CCC1(CC)CCN(Cc2sccc2C#CCCO)C1. The second kappa shape index (κ2) is 7.26. The highest BCUT2D eigenvalue weighted by atomic mass is 32.1. The molecule has 0 saturated carbocycles. The van der Waals surface area contributed by atoms with Crippen LogP contribution in [-0.4, -0.2) is 29.7 Å². The molecular formula is C17H25NOS. The predicted molar refractivity (Wildman–Crippen MR) is 85.8 cm³/mol. The average molecular weight is 291 g/mol. The largest absolute Gasteiger partial charge is 0.395 e. The van der Waals surface area contributed by atoms with Crippen LogP contribution in [0.4, 0.5) is 0 Å². The third kappa shape index (κ3) is 3.63. The topological polar surface area (TPSA) is 23.5 Å². The molecule has 0 unspecified atom stereocenters. The molecule has 3 heteroatoms. The van der Waals surface area contributed by atoms with Crippen LogP contribution in [-0.2, 0) is 6.54 Å². The van der Waals surface area contributed by atoms with E-state index in [1.54, 1.807) is 11.3 Å². The van der Waals surface area contributed by atoms with E-state index in [0.717, 1.165) is 12.1 Å². The molecule has 1 saturated heterocycles. The number of aliphatic hydroxyl groups excluding tert-OH is 1. The second-order valence-electron chi connectivity index (χ2n) is 5.70. The van der Waals surface area contributed by atoms with Crippen molar-refractivity contribution < 1.29 is 5.11 Å². The Hall–Kier alpha value is -0.820. The van der Waals surface area contributed by atoms with Crippen molar-refractivity contribution in [3.63, 3.8) is 0 Å². The summed E-state index contributed by atoms with van der Waals surface area (Å²) in [5, 5.41) is 10.9. The van der Waals surface area contributed by atoms with E-state index in [4.69, 9.17) is 5.11 Å². The van der Waals surface area contributed by atoms with Gasteiger partial charge in [0, 0.05) is 30.0 Å². The molecule has 2 nitrogen and oxygen atoms in total. The molecule has 110 valence electrons. The Morgan fingerprint density at radius 3 is 2.85 bits per heavy atom. The molecule has 1 aromatic rings. The van der Waals surface area contributed by atoms with Crippen molar-refractivity contribution in [2.75, 3.05) is 19.7 Å². The molecule has 0 radical (unpaired) electrons. The summed E-state index contributed by atoms with van der Waals surface area (Å²) in [7, 11) is 0. The highest BCUT2D eigenvalue weighted by Gasteiger charge is 2.34. The highest BCUT2D eigenvalue weighted by molar-refractivity contribution is 7.10. The van der Waals surface area contributed by atoms with E-state index in [1.807, 2.05) is 0 Å². The monoisotopic (exact) mass is 291 g/mol. The van der Waals surface area contributed by atoms with Crippen LogP contribution in [0.5, 0.6) is 0 Å². The van der Waals surface area contributed by atoms with Gasteiger partial charge < -0.3 is 5.11 Å². The van der Waals surface area contributed by atoms with Crippen molar-refractivity contribution in [2.45, 2.75) is 46.1 Å². The van der Waals surface area contributed by atoms with Gasteiger partial charge in [0.05, 0.1) is 6.61 Å². The molecule has 2 heterocycles. The Kier molecular flexibility index (Phi) is 5.65. The van der Waals surface area contributed by atoms with Crippen LogP contribution in [0, 0.1) is 17.3 Å². The molecule has 0 aromatic carbocycles. The Morgan fingerprint density at radius 2 is 2.20 bits per heavy atom. The van der Waals surface area contributed by atoms with Crippen molar-refractivity contribution in [1.29, 1.82) is 0 Å². The van der Waals surface area contributed by atoms with E-state index in [-0.39, 0.29) is 6.61 Å². The maximum Gasteiger partial charge on any atom is 0.0540 e. The summed E-state index contributed by atoms with van der Waals surface area (Å²) >= 11 is 1.80. The zero-order valence-corrected chi connectivity index (χ0v) is 13.4. The van der Waals surface area contributed by atoms with Crippen molar-refractivity contribution in [1.82, 2.24) is 4.90 Å². The van der Waals surface area contributed by atoms with Gasteiger partial charge in [0.15, 0.2) is 0 Å². The molecule has 0 atom stereocenters. The van der Waals surface area contributed by atoms with E-state index in [0.29, 0.717) is 11.8 Å². The Bertz CT molecular complexity index is 479. The lowest BCUT2D eigenvalue weighted by molar-refractivity contribution is 0.237. The molecule has 0 amide bonds. The lowest BCUT2D eigenvalue weighted by Crippen LogP contribution is -2.26. The zero-order valence-electron chi connectivity index (χ0n) is 12.6. The van der Waals surface area contributed by atoms with Crippen LogP contribution in [0.3, 0.4) is 0 Å². The molecule has 1 N–H and O–H groups in total. The number of thiophene rings is 1. The molecule has 0 bridgehead atoms. The van der Waals surface area contributed by atoms with E-state index >= 15 is 0 Å². The van der Waals surface area contributed by atoms with Crippen LogP contribution in [0.25, 0.3) is 0 Å². The van der Waals surface area contributed by atoms with Gasteiger partial charge in [-0.05, 0) is 42.7 Å². The molecule has 2 rings (SSSR count). The number of rotatable bonds is 5. The molecule has 1 aliphatic rings. The first-order valence-electron chi connectivity index (χ1n) is 7.61. The summed E-state index contributed by atoms with van der Waals surface area (Å²) in [6.07, 6.45) is 4.46. The van der Waals surface area contributed by atoms with Crippen molar-refractivity contribution in [2.24, 2.45) is 5.41 Å². The summed E-state index contributed by atoms with van der Waals surface area (Å²) in [6.45, 7) is 8.26.